The second kappa shape index (κ2) is 5.67. The topological polar surface area (TPSA) is 50.9 Å². The molecule has 0 bridgehead atoms. The Morgan fingerprint density at radius 2 is 2.00 bits per heavy atom. The fourth-order valence-corrected chi connectivity index (χ4v) is 2.28. The smallest absolute Gasteiger partial charge is 0.0898 e. The Morgan fingerprint density at radius 1 is 1.22 bits per heavy atom. The molecule has 5 heteroatoms. The van der Waals surface area contributed by atoms with E-state index in [1.54, 1.807) is 12.3 Å². The van der Waals surface area contributed by atoms with E-state index in [1.165, 1.54) is 0 Å². The summed E-state index contributed by atoms with van der Waals surface area (Å²) in [6.45, 7) is 1.98. The number of benzene rings is 1. The molecule has 94 valence electrons. The lowest BCUT2D eigenvalue weighted by molar-refractivity contribution is 0.617. The Bertz CT molecular complexity index is 558. The summed E-state index contributed by atoms with van der Waals surface area (Å²) in [4.78, 5) is 4.35. The molecule has 1 aromatic heterocycles. The van der Waals surface area contributed by atoms with Gasteiger partial charge in [0.15, 0.2) is 0 Å². The Hall–Kier alpha value is -1.13. The van der Waals surface area contributed by atoms with Gasteiger partial charge < -0.3 is 0 Å². The Morgan fingerprint density at radius 3 is 2.67 bits per heavy atom. The molecule has 1 unspecified atom stereocenters. The molecule has 3 N–H and O–H groups in total. The number of aromatic nitrogens is 1. The van der Waals surface area contributed by atoms with Crippen LogP contribution >= 0.6 is 23.2 Å². The second-order valence-electron chi connectivity index (χ2n) is 3.95. The molecular formula is C13H13Cl2N3. The van der Waals surface area contributed by atoms with Gasteiger partial charge in [-0.15, -0.1) is 0 Å². The number of hydrogen-bond donors (Lipinski definition) is 2. The maximum absolute atomic E-state index is 6.21. The highest BCUT2D eigenvalue weighted by atomic mass is 35.5. The van der Waals surface area contributed by atoms with Gasteiger partial charge >= 0.3 is 0 Å². The number of nitrogens with one attached hydrogen (secondary N) is 1. The van der Waals surface area contributed by atoms with Crippen molar-refractivity contribution in [3.05, 3.63) is 63.4 Å². The van der Waals surface area contributed by atoms with E-state index in [9.17, 15) is 0 Å². The SMILES string of the molecule is Cc1cccnc1C(NN)c1cccc(Cl)c1Cl. The summed E-state index contributed by atoms with van der Waals surface area (Å²) in [5, 5.41) is 0.996. The van der Waals surface area contributed by atoms with Crippen molar-refractivity contribution < 1.29 is 0 Å². The number of nitrogens with zero attached hydrogens (tertiary/aromatic N) is 1. The summed E-state index contributed by atoms with van der Waals surface area (Å²) in [6.07, 6.45) is 1.73. The number of pyridine rings is 1. The molecule has 2 rings (SSSR count). The van der Waals surface area contributed by atoms with E-state index in [2.05, 4.69) is 10.4 Å². The van der Waals surface area contributed by atoms with Crippen LogP contribution in [0, 0.1) is 6.92 Å². The minimum absolute atomic E-state index is 0.280. The van der Waals surface area contributed by atoms with Crippen LogP contribution in [0.25, 0.3) is 0 Å². The fraction of sp³-hybridized carbons (Fsp3) is 0.154. The van der Waals surface area contributed by atoms with Crippen LogP contribution in [0.2, 0.25) is 10.0 Å². The van der Waals surface area contributed by atoms with Crippen LogP contribution in [0.1, 0.15) is 22.9 Å². The van der Waals surface area contributed by atoms with Gasteiger partial charge in [-0.1, -0.05) is 41.4 Å². The van der Waals surface area contributed by atoms with E-state index in [0.29, 0.717) is 10.0 Å². The number of hydrazine groups is 1. The Balaban J connectivity index is 2.53. The van der Waals surface area contributed by atoms with Gasteiger partial charge in [0.05, 0.1) is 21.8 Å². The van der Waals surface area contributed by atoms with E-state index >= 15 is 0 Å². The molecule has 0 aliphatic carbocycles. The maximum Gasteiger partial charge on any atom is 0.0898 e. The van der Waals surface area contributed by atoms with Crippen LogP contribution in [0.4, 0.5) is 0 Å². The average Bonchev–Trinajstić information content (AvgIpc) is 2.37. The molecule has 3 nitrogen and oxygen atoms in total. The van der Waals surface area contributed by atoms with Gasteiger partial charge in [-0.05, 0) is 30.2 Å². The van der Waals surface area contributed by atoms with Crippen LogP contribution < -0.4 is 11.3 Å². The highest BCUT2D eigenvalue weighted by Crippen LogP contribution is 2.32. The largest absolute Gasteiger partial charge is 0.271 e. The molecule has 0 amide bonds. The minimum atomic E-state index is -0.280. The average molecular weight is 282 g/mol. The lowest BCUT2D eigenvalue weighted by atomic mass is 10.0. The molecule has 1 heterocycles. The summed E-state index contributed by atoms with van der Waals surface area (Å²) in [5.41, 5.74) is 5.43. The highest BCUT2D eigenvalue weighted by Gasteiger charge is 2.19. The number of nitrogens with two attached hydrogens (primary N) is 1. The Kier molecular flexibility index (Phi) is 4.19. The normalized spacial score (nSPS) is 12.4. The summed E-state index contributed by atoms with van der Waals surface area (Å²) in [5.74, 6) is 5.63. The number of aryl methyl sites for hydroxylation is 1. The first-order valence-electron chi connectivity index (χ1n) is 5.46. The highest BCUT2D eigenvalue weighted by molar-refractivity contribution is 6.42. The molecule has 0 fully saturated rings. The van der Waals surface area contributed by atoms with Crippen LogP contribution in [-0.2, 0) is 0 Å². The molecule has 0 radical (unpaired) electrons. The second-order valence-corrected chi connectivity index (χ2v) is 4.73. The van der Waals surface area contributed by atoms with Gasteiger partial charge in [0.25, 0.3) is 0 Å². The molecule has 1 atom stereocenters. The standard InChI is InChI=1S/C13H13Cl2N3/c1-8-4-3-7-17-12(8)13(18-16)9-5-2-6-10(14)11(9)15/h2-7,13,18H,16H2,1H3. The molecule has 0 aliphatic rings. The van der Waals surface area contributed by atoms with Crippen LogP contribution in [0.5, 0.6) is 0 Å². The van der Waals surface area contributed by atoms with Gasteiger partial charge in [0, 0.05) is 6.20 Å². The quantitative estimate of drug-likeness (QED) is 0.671. The third-order valence-electron chi connectivity index (χ3n) is 2.78. The minimum Gasteiger partial charge on any atom is -0.271 e. The van der Waals surface area contributed by atoms with Gasteiger partial charge in [0.1, 0.15) is 0 Å². The summed E-state index contributed by atoms with van der Waals surface area (Å²) in [7, 11) is 0. The van der Waals surface area contributed by atoms with Crippen LogP contribution in [0.15, 0.2) is 36.5 Å². The van der Waals surface area contributed by atoms with Gasteiger partial charge in [-0.25, -0.2) is 5.43 Å². The number of rotatable bonds is 3. The zero-order valence-electron chi connectivity index (χ0n) is 9.82. The van der Waals surface area contributed by atoms with Gasteiger partial charge in [-0.3, -0.25) is 10.8 Å². The molecule has 1 aromatic carbocycles. The van der Waals surface area contributed by atoms with Gasteiger partial charge in [-0.2, -0.15) is 0 Å². The fourth-order valence-electron chi connectivity index (χ4n) is 1.86. The Labute approximate surface area is 116 Å². The molecule has 0 saturated carbocycles. The third-order valence-corrected chi connectivity index (χ3v) is 3.62. The predicted molar refractivity (Wildman–Crippen MR) is 74.6 cm³/mol. The molecule has 0 saturated heterocycles. The zero-order chi connectivity index (χ0) is 13.1. The van der Waals surface area contributed by atoms with E-state index in [1.807, 2.05) is 31.2 Å². The van der Waals surface area contributed by atoms with Crippen molar-refractivity contribution in [2.45, 2.75) is 13.0 Å². The van der Waals surface area contributed by atoms with Crippen molar-refractivity contribution in [1.29, 1.82) is 0 Å². The molecule has 18 heavy (non-hydrogen) atoms. The van der Waals surface area contributed by atoms with Crippen LogP contribution in [-0.4, -0.2) is 4.98 Å². The first kappa shape index (κ1) is 13.3. The monoisotopic (exact) mass is 281 g/mol. The van der Waals surface area contributed by atoms with Crippen molar-refractivity contribution in [3.63, 3.8) is 0 Å². The predicted octanol–water partition coefficient (Wildman–Crippen LogP) is 3.25. The van der Waals surface area contributed by atoms with Crippen molar-refractivity contribution >= 4 is 23.2 Å². The van der Waals surface area contributed by atoms with E-state index in [0.717, 1.165) is 16.8 Å². The van der Waals surface area contributed by atoms with Gasteiger partial charge in [0.2, 0.25) is 0 Å². The molecular weight excluding hydrogens is 269 g/mol. The lowest BCUT2D eigenvalue weighted by Gasteiger charge is -2.19. The van der Waals surface area contributed by atoms with Crippen molar-refractivity contribution in [3.8, 4) is 0 Å². The summed E-state index contributed by atoms with van der Waals surface area (Å²) in [6, 6.07) is 9.04. The first-order chi connectivity index (χ1) is 8.65. The van der Waals surface area contributed by atoms with Crippen molar-refractivity contribution in [1.82, 2.24) is 10.4 Å². The molecule has 2 aromatic rings. The van der Waals surface area contributed by atoms with E-state index < -0.39 is 0 Å². The third kappa shape index (κ3) is 2.49. The van der Waals surface area contributed by atoms with Crippen molar-refractivity contribution in [2.75, 3.05) is 0 Å². The van der Waals surface area contributed by atoms with E-state index in [-0.39, 0.29) is 6.04 Å². The number of halogens is 2. The number of hydrogen-bond acceptors (Lipinski definition) is 3. The summed E-state index contributed by atoms with van der Waals surface area (Å²) >= 11 is 12.2. The molecule has 0 aliphatic heterocycles. The van der Waals surface area contributed by atoms with Crippen LogP contribution in [0.3, 0.4) is 0 Å². The maximum atomic E-state index is 6.21. The lowest BCUT2D eigenvalue weighted by Crippen LogP contribution is -2.30. The first-order valence-corrected chi connectivity index (χ1v) is 6.22. The molecule has 0 spiro atoms. The summed E-state index contributed by atoms with van der Waals surface area (Å²) < 4.78 is 0. The zero-order valence-corrected chi connectivity index (χ0v) is 11.3. The van der Waals surface area contributed by atoms with Crippen molar-refractivity contribution in [2.24, 2.45) is 5.84 Å². The van der Waals surface area contributed by atoms with E-state index in [4.69, 9.17) is 29.0 Å².